The Morgan fingerprint density at radius 3 is 2.79 bits per heavy atom. The summed E-state index contributed by atoms with van der Waals surface area (Å²) < 4.78 is 7.05. The summed E-state index contributed by atoms with van der Waals surface area (Å²) in [4.78, 5) is 3.37. The molecule has 0 aliphatic heterocycles. The molecule has 0 aliphatic carbocycles. The lowest BCUT2D eigenvalue weighted by Crippen LogP contribution is -1.96. The number of benzene rings is 1. The van der Waals surface area contributed by atoms with Gasteiger partial charge in [-0.1, -0.05) is 0 Å². The quantitative estimate of drug-likeness (QED) is 0.740. The number of rotatable bonds is 2. The molecule has 0 unspecified atom stereocenters. The van der Waals surface area contributed by atoms with Crippen LogP contribution in [0.3, 0.4) is 0 Å². The van der Waals surface area contributed by atoms with E-state index in [1.54, 1.807) is 18.0 Å². The van der Waals surface area contributed by atoms with E-state index in [4.69, 9.17) is 10.5 Å². The van der Waals surface area contributed by atoms with Crippen molar-refractivity contribution in [3.63, 3.8) is 0 Å². The average molecular weight is 256 g/mol. The first-order valence-corrected chi connectivity index (χ1v) is 6.06. The van der Waals surface area contributed by atoms with E-state index in [1.165, 1.54) is 0 Å². The van der Waals surface area contributed by atoms with Crippen LogP contribution in [0.25, 0.3) is 22.2 Å². The molecular weight excluding hydrogens is 240 g/mol. The number of methoxy groups -OCH3 is 1. The zero-order chi connectivity index (χ0) is 13.6. The monoisotopic (exact) mass is 256 g/mol. The highest BCUT2D eigenvalue weighted by Gasteiger charge is 2.16. The van der Waals surface area contributed by atoms with Gasteiger partial charge in [0.15, 0.2) is 0 Å². The molecule has 0 radical (unpaired) electrons. The number of aryl methyl sites for hydroxylation is 2. The Balaban J connectivity index is 2.33. The molecule has 0 saturated heterocycles. The second-order valence-corrected chi connectivity index (χ2v) is 4.61. The van der Waals surface area contributed by atoms with Gasteiger partial charge in [-0.3, -0.25) is 4.68 Å². The van der Waals surface area contributed by atoms with E-state index < -0.39 is 0 Å². The molecule has 98 valence electrons. The number of ether oxygens (including phenoxy) is 1. The maximum Gasteiger partial charge on any atom is 0.120 e. The summed E-state index contributed by atoms with van der Waals surface area (Å²) in [7, 11) is 3.56. The number of aromatic nitrogens is 3. The topological polar surface area (TPSA) is 68.9 Å². The molecule has 2 heterocycles. The first-order chi connectivity index (χ1) is 9.11. The number of H-pyrrole nitrogens is 1. The fourth-order valence-electron chi connectivity index (χ4n) is 2.50. The van der Waals surface area contributed by atoms with Crippen LogP contribution in [0.4, 0.5) is 5.69 Å². The number of nitrogens with one attached hydrogen (secondary N) is 1. The van der Waals surface area contributed by atoms with Crippen LogP contribution in [0.2, 0.25) is 0 Å². The smallest absolute Gasteiger partial charge is 0.120 e. The van der Waals surface area contributed by atoms with Gasteiger partial charge in [0.1, 0.15) is 5.75 Å². The summed E-state index contributed by atoms with van der Waals surface area (Å²) in [5, 5.41) is 5.33. The normalized spacial score (nSPS) is 11.1. The lowest BCUT2D eigenvalue weighted by molar-refractivity contribution is 0.415. The number of hydrogen-bond acceptors (Lipinski definition) is 3. The van der Waals surface area contributed by atoms with Crippen molar-refractivity contribution < 1.29 is 4.74 Å². The molecule has 0 amide bonds. The van der Waals surface area contributed by atoms with Gasteiger partial charge >= 0.3 is 0 Å². The molecule has 0 saturated carbocycles. The average Bonchev–Trinajstić information content (AvgIpc) is 2.88. The number of hydrogen-bond donors (Lipinski definition) is 2. The van der Waals surface area contributed by atoms with E-state index in [2.05, 4.69) is 10.1 Å². The summed E-state index contributed by atoms with van der Waals surface area (Å²) in [5.74, 6) is 0.832. The number of anilines is 1. The highest BCUT2D eigenvalue weighted by Crippen LogP contribution is 2.36. The van der Waals surface area contributed by atoms with Crippen LogP contribution >= 0.6 is 0 Å². The van der Waals surface area contributed by atoms with E-state index in [-0.39, 0.29) is 0 Å². The molecule has 19 heavy (non-hydrogen) atoms. The Morgan fingerprint density at radius 1 is 1.37 bits per heavy atom. The van der Waals surface area contributed by atoms with Crippen molar-refractivity contribution in [1.82, 2.24) is 14.8 Å². The van der Waals surface area contributed by atoms with Crippen molar-refractivity contribution in [2.45, 2.75) is 6.92 Å². The minimum atomic E-state index is 0.683. The molecule has 0 fully saturated rings. The molecule has 0 atom stereocenters. The zero-order valence-corrected chi connectivity index (χ0v) is 11.2. The zero-order valence-electron chi connectivity index (χ0n) is 11.2. The van der Waals surface area contributed by atoms with Crippen LogP contribution in [0.1, 0.15) is 5.69 Å². The van der Waals surface area contributed by atoms with Gasteiger partial charge in [0.05, 0.1) is 24.7 Å². The predicted octanol–water partition coefficient (Wildman–Crippen LogP) is 2.47. The molecule has 0 bridgehead atoms. The van der Waals surface area contributed by atoms with Crippen LogP contribution < -0.4 is 10.5 Å². The second-order valence-electron chi connectivity index (χ2n) is 4.61. The van der Waals surface area contributed by atoms with Crippen molar-refractivity contribution in [3.8, 4) is 17.0 Å². The molecule has 0 spiro atoms. The number of nitrogens with zero attached hydrogens (tertiary/aromatic N) is 2. The van der Waals surface area contributed by atoms with Gasteiger partial charge in [0.2, 0.25) is 0 Å². The van der Waals surface area contributed by atoms with E-state index in [9.17, 15) is 0 Å². The fourth-order valence-corrected chi connectivity index (χ4v) is 2.50. The highest BCUT2D eigenvalue weighted by atomic mass is 16.5. The molecule has 1 aromatic carbocycles. The SMILES string of the molecule is COc1ccc2c(-c3c(N)cnn3C)c(C)[nH]c2c1. The van der Waals surface area contributed by atoms with Gasteiger partial charge < -0.3 is 15.5 Å². The molecule has 3 N–H and O–H groups in total. The van der Waals surface area contributed by atoms with Gasteiger partial charge in [-0.25, -0.2) is 0 Å². The number of nitrogen functional groups attached to an aromatic ring is 1. The molecular formula is C14H16N4O. The van der Waals surface area contributed by atoms with Gasteiger partial charge in [0.25, 0.3) is 0 Å². The Bertz CT molecular complexity index is 735. The number of aromatic amines is 1. The standard InChI is InChI=1S/C14H16N4O/c1-8-13(14-11(15)7-16-18(14)2)10-5-4-9(19-3)6-12(10)17-8/h4-7,17H,15H2,1-3H3. The van der Waals surface area contributed by atoms with Crippen molar-refractivity contribution in [1.29, 1.82) is 0 Å². The molecule has 5 heteroatoms. The third kappa shape index (κ3) is 1.66. The molecule has 3 aromatic rings. The fraction of sp³-hybridized carbons (Fsp3) is 0.214. The van der Waals surface area contributed by atoms with E-state index >= 15 is 0 Å². The van der Waals surface area contributed by atoms with Gasteiger partial charge in [-0.05, 0) is 19.1 Å². The molecule has 2 aromatic heterocycles. The van der Waals surface area contributed by atoms with Crippen LogP contribution in [0.5, 0.6) is 5.75 Å². The minimum absolute atomic E-state index is 0.683. The summed E-state index contributed by atoms with van der Waals surface area (Å²) in [6.07, 6.45) is 1.68. The Hall–Kier alpha value is -2.43. The maximum absolute atomic E-state index is 6.03. The lowest BCUT2D eigenvalue weighted by Gasteiger charge is -2.04. The summed E-state index contributed by atoms with van der Waals surface area (Å²) in [6.45, 7) is 2.04. The first-order valence-electron chi connectivity index (χ1n) is 6.06. The summed E-state index contributed by atoms with van der Waals surface area (Å²) >= 11 is 0. The third-order valence-corrected chi connectivity index (χ3v) is 3.40. The highest BCUT2D eigenvalue weighted by molar-refractivity contribution is 5.99. The third-order valence-electron chi connectivity index (χ3n) is 3.40. The predicted molar refractivity (Wildman–Crippen MR) is 76.2 cm³/mol. The Morgan fingerprint density at radius 2 is 2.16 bits per heavy atom. The largest absolute Gasteiger partial charge is 0.497 e. The van der Waals surface area contributed by atoms with Crippen LogP contribution in [0, 0.1) is 6.92 Å². The lowest BCUT2D eigenvalue weighted by atomic mass is 10.1. The number of fused-ring (bicyclic) bond motifs is 1. The Kier molecular flexibility index (Phi) is 2.48. The van der Waals surface area contributed by atoms with Crippen LogP contribution in [0.15, 0.2) is 24.4 Å². The van der Waals surface area contributed by atoms with E-state index in [1.807, 2.05) is 32.2 Å². The molecule has 0 aliphatic rings. The van der Waals surface area contributed by atoms with E-state index in [0.717, 1.165) is 33.6 Å². The second kappa shape index (κ2) is 4.05. The van der Waals surface area contributed by atoms with Crippen LogP contribution in [-0.4, -0.2) is 21.9 Å². The van der Waals surface area contributed by atoms with Gasteiger partial charge in [-0.2, -0.15) is 5.10 Å². The summed E-state index contributed by atoms with van der Waals surface area (Å²) in [6, 6.07) is 5.98. The van der Waals surface area contributed by atoms with Crippen LogP contribution in [-0.2, 0) is 7.05 Å². The van der Waals surface area contributed by atoms with Crippen molar-refractivity contribution in [2.75, 3.05) is 12.8 Å². The number of nitrogens with two attached hydrogens (primary N) is 1. The molecule has 5 nitrogen and oxygen atoms in total. The molecule has 3 rings (SSSR count). The Labute approximate surface area is 111 Å². The first kappa shape index (κ1) is 11.6. The minimum Gasteiger partial charge on any atom is -0.497 e. The maximum atomic E-state index is 6.03. The summed E-state index contributed by atoms with van der Waals surface area (Å²) in [5.41, 5.74) is 10.8. The van der Waals surface area contributed by atoms with Crippen molar-refractivity contribution in [2.24, 2.45) is 7.05 Å². The van der Waals surface area contributed by atoms with Gasteiger partial charge in [0, 0.05) is 35.3 Å². The van der Waals surface area contributed by atoms with Crippen molar-refractivity contribution in [3.05, 3.63) is 30.1 Å². The van der Waals surface area contributed by atoms with Crippen molar-refractivity contribution >= 4 is 16.6 Å². The van der Waals surface area contributed by atoms with E-state index in [0.29, 0.717) is 5.69 Å². The van der Waals surface area contributed by atoms with Gasteiger partial charge in [-0.15, -0.1) is 0 Å².